The van der Waals surface area contributed by atoms with Gasteiger partial charge in [0.05, 0.1) is 18.2 Å². The summed E-state index contributed by atoms with van der Waals surface area (Å²) in [5, 5.41) is 2.65. The van der Waals surface area contributed by atoms with Gasteiger partial charge in [0, 0.05) is 12.1 Å². The highest BCUT2D eigenvalue weighted by molar-refractivity contribution is 7.87. The molecule has 0 bridgehead atoms. The van der Waals surface area contributed by atoms with Crippen molar-refractivity contribution in [3.8, 4) is 5.75 Å². The highest BCUT2D eigenvalue weighted by Gasteiger charge is 2.24. The van der Waals surface area contributed by atoms with Crippen LogP contribution < -0.4 is 9.50 Å². The molecule has 0 spiro atoms. The molecule has 0 saturated carbocycles. The van der Waals surface area contributed by atoms with Crippen LogP contribution in [-0.4, -0.2) is 33.2 Å². The van der Waals surface area contributed by atoms with E-state index >= 15 is 0 Å². The van der Waals surface area contributed by atoms with Gasteiger partial charge in [0.15, 0.2) is 11.5 Å². The molecular formula is C21H23NO7S. The SMILES string of the molecule is CCCC(=O)Nc1ccc(OS(=O)(=O)c2cc(C(=O)OC)ccc2C)c(C(C)=O)c1. The number of aryl methyl sites for hydroxylation is 1. The molecular weight excluding hydrogens is 410 g/mol. The predicted octanol–water partition coefficient (Wildman–Crippen LogP) is 3.49. The molecule has 8 nitrogen and oxygen atoms in total. The second kappa shape index (κ2) is 9.53. The molecule has 0 aliphatic carbocycles. The lowest BCUT2D eigenvalue weighted by Crippen LogP contribution is -2.15. The number of carbonyl (C=O) groups is 3. The van der Waals surface area contributed by atoms with E-state index in [1.165, 1.54) is 44.4 Å². The largest absolute Gasteiger partial charge is 0.465 e. The van der Waals surface area contributed by atoms with Gasteiger partial charge in [-0.1, -0.05) is 13.0 Å². The Kier molecular flexibility index (Phi) is 7.33. The Morgan fingerprint density at radius 1 is 1.07 bits per heavy atom. The van der Waals surface area contributed by atoms with Crippen LogP contribution in [0.1, 0.15) is 53.0 Å². The van der Waals surface area contributed by atoms with Gasteiger partial charge in [-0.2, -0.15) is 8.42 Å². The molecule has 9 heteroatoms. The van der Waals surface area contributed by atoms with Crippen molar-refractivity contribution >= 4 is 33.5 Å². The van der Waals surface area contributed by atoms with Crippen molar-refractivity contribution in [2.75, 3.05) is 12.4 Å². The third-order valence-electron chi connectivity index (χ3n) is 4.20. The summed E-state index contributed by atoms with van der Waals surface area (Å²) >= 11 is 0. The summed E-state index contributed by atoms with van der Waals surface area (Å²) < 4.78 is 35.6. The summed E-state index contributed by atoms with van der Waals surface area (Å²) in [5.41, 5.74) is 0.753. The molecule has 0 heterocycles. The number of rotatable bonds is 8. The molecule has 2 aromatic carbocycles. The number of esters is 1. The minimum atomic E-state index is -4.36. The number of nitrogens with one attached hydrogen (secondary N) is 1. The van der Waals surface area contributed by atoms with E-state index in [0.29, 0.717) is 24.1 Å². The van der Waals surface area contributed by atoms with E-state index in [1.807, 2.05) is 6.92 Å². The monoisotopic (exact) mass is 433 g/mol. The normalized spacial score (nSPS) is 10.9. The zero-order valence-corrected chi connectivity index (χ0v) is 18.0. The molecule has 1 amide bonds. The zero-order valence-electron chi connectivity index (χ0n) is 17.1. The molecule has 0 atom stereocenters. The van der Waals surface area contributed by atoms with Crippen LogP contribution in [0.3, 0.4) is 0 Å². The van der Waals surface area contributed by atoms with E-state index in [4.69, 9.17) is 4.18 Å². The summed E-state index contributed by atoms with van der Waals surface area (Å²) in [6.45, 7) is 4.67. The highest BCUT2D eigenvalue weighted by atomic mass is 32.2. The van der Waals surface area contributed by atoms with E-state index in [1.54, 1.807) is 6.92 Å². The average Bonchev–Trinajstić information content (AvgIpc) is 2.68. The van der Waals surface area contributed by atoms with E-state index in [-0.39, 0.29) is 27.7 Å². The van der Waals surface area contributed by atoms with Gasteiger partial charge in [-0.05, 0) is 56.2 Å². The molecule has 0 radical (unpaired) electrons. The average molecular weight is 433 g/mol. The molecule has 0 aliphatic heterocycles. The number of anilines is 1. The predicted molar refractivity (Wildman–Crippen MR) is 110 cm³/mol. The van der Waals surface area contributed by atoms with Crippen molar-refractivity contribution in [1.29, 1.82) is 0 Å². The van der Waals surface area contributed by atoms with Gasteiger partial charge in [0.1, 0.15) is 4.90 Å². The molecule has 0 unspecified atom stereocenters. The lowest BCUT2D eigenvalue weighted by molar-refractivity contribution is -0.116. The standard InChI is InChI=1S/C21H23NO7S/c1-5-6-20(24)22-16-9-10-18(17(12-16)14(3)23)29-30(26,27)19-11-15(21(25)28-4)8-7-13(19)2/h7-12H,5-6H2,1-4H3,(H,22,24). The Hall–Kier alpha value is -3.20. The van der Waals surface area contributed by atoms with Gasteiger partial charge >= 0.3 is 16.1 Å². The summed E-state index contributed by atoms with van der Waals surface area (Å²) in [5.74, 6) is -1.53. The Bertz CT molecular complexity index is 1090. The van der Waals surface area contributed by atoms with E-state index in [2.05, 4.69) is 10.1 Å². The zero-order chi connectivity index (χ0) is 22.5. The van der Waals surface area contributed by atoms with Crippen LogP contribution in [0.4, 0.5) is 5.69 Å². The first kappa shape index (κ1) is 23.1. The Balaban J connectivity index is 2.42. The fraction of sp³-hybridized carbons (Fsp3) is 0.286. The van der Waals surface area contributed by atoms with Crippen molar-refractivity contribution < 1.29 is 31.7 Å². The van der Waals surface area contributed by atoms with Crippen LogP contribution in [0.15, 0.2) is 41.3 Å². The van der Waals surface area contributed by atoms with E-state index in [0.717, 1.165) is 6.07 Å². The van der Waals surface area contributed by atoms with Gasteiger partial charge in [-0.25, -0.2) is 4.79 Å². The molecule has 0 saturated heterocycles. The third kappa shape index (κ3) is 5.44. The van der Waals surface area contributed by atoms with Crippen LogP contribution in [0.2, 0.25) is 0 Å². The molecule has 2 aromatic rings. The first-order chi connectivity index (χ1) is 14.1. The number of hydrogen-bond acceptors (Lipinski definition) is 7. The number of carbonyl (C=O) groups excluding carboxylic acids is 3. The topological polar surface area (TPSA) is 116 Å². The third-order valence-corrected chi connectivity index (χ3v) is 5.58. The summed E-state index contributed by atoms with van der Waals surface area (Å²) in [4.78, 5) is 35.4. The molecule has 0 aliphatic rings. The summed E-state index contributed by atoms with van der Waals surface area (Å²) in [6, 6.07) is 8.16. The number of methoxy groups -OCH3 is 1. The lowest BCUT2D eigenvalue weighted by Gasteiger charge is -2.14. The van der Waals surface area contributed by atoms with Crippen molar-refractivity contribution in [3.63, 3.8) is 0 Å². The van der Waals surface area contributed by atoms with Crippen LogP contribution in [-0.2, 0) is 19.6 Å². The van der Waals surface area contributed by atoms with Crippen molar-refractivity contribution in [2.45, 2.75) is 38.5 Å². The van der Waals surface area contributed by atoms with Crippen LogP contribution in [0, 0.1) is 6.92 Å². The molecule has 160 valence electrons. The smallest absolute Gasteiger partial charge is 0.339 e. The number of ether oxygens (including phenoxy) is 1. The maximum absolute atomic E-state index is 12.9. The molecule has 1 N–H and O–H groups in total. The summed E-state index contributed by atoms with van der Waals surface area (Å²) in [6.07, 6.45) is 0.979. The molecule has 2 rings (SSSR count). The van der Waals surface area contributed by atoms with E-state index in [9.17, 15) is 22.8 Å². The van der Waals surface area contributed by atoms with Crippen LogP contribution in [0.5, 0.6) is 5.75 Å². The van der Waals surface area contributed by atoms with Crippen molar-refractivity contribution in [2.24, 2.45) is 0 Å². The van der Waals surface area contributed by atoms with Gasteiger partial charge < -0.3 is 14.2 Å². The van der Waals surface area contributed by atoms with Gasteiger partial charge in [0.2, 0.25) is 5.91 Å². The Morgan fingerprint density at radius 3 is 2.37 bits per heavy atom. The second-order valence-electron chi connectivity index (χ2n) is 6.57. The maximum atomic E-state index is 12.9. The number of ketones is 1. The quantitative estimate of drug-likeness (QED) is 0.385. The fourth-order valence-electron chi connectivity index (χ4n) is 2.68. The molecule has 30 heavy (non-hydrogen) atoms. The minimum Gasteiger partial charge on any atom is -0.465 e. The van der Waals surface area contributed by atoms with Gasteiger partial charge in [-0.15, -0.1) is 0 Å². The van der Waals surface area contributed by atoms with E-state index < -0.39 is 21.9 Å². The second-order valence-corrected chi connectivity index (χ2v) is 8.09. The van der Waals surface area contributed by atoms with Crippen molar-refractivity contribution in [3.05, 3.63) is 53.1 Å². The summed E-state index contributed by atoms with van der Waals surface area (Å²) in [7, 11) is -3.17. The lowest BCUT2D eigenvalue weighted by atomic mass is 10.1. The maximum Gasteiger partial charge on any atom is 0.339 e. The highest BCUT2D eigenvalue weighted by Crippen LogP contribution is 2.28. The first-order valence-electron chi connectivity index (χ1n) is 9.17. The van der Waals surface area contributed by atoms with Gasteiger partial charge in [0.25, 0.3) is 0 Å². The number of Topliss-reactive ketones (excluding diaryl/α,β-unsaturated/α-hetero) is 1. The first-order valence-corrected chi connectivity index (χ1v) is 10.6. The molecule has 0 aromatic heterocycles. The van der Waals surface area contributed by atoms with Gasteiger partial charge in [-0.3, -0.25) is 9.59 Å². The molecule has 0 fully saturated rings. The number of amides is 1. The number of benzene rings is 2. The van der Waals surface area contributed by atoms with Crippen molar-refractivity contribution in [1.82, 2.24) is 0 Å². The van der Waals surface area contributed by atoms with Crippen LogP contribution in [0.25, 0.3) is 0 Å². The minimum absolute atomic E-state index is 0.00495. The number of hydrogen-bond donors (Lipinski definition) is 1. The fourth-order valence-corrected chi connectivity index (χ4v) is 3.89. The Morgan fingerprint density at radius 2 is 1.77 bits per heavy atom. The van der Waals surface area contributed by atoms with Crippen LogP contribution >= 0.6 is 0 Å². The Labute approximate surface area is 175 Å².